The van der Waals surface area contributed by atoms with Gasteiger partial charge in [0.25, 0.3) is 0 Å². The molecule has 6 nitrogen and oxygen atoms in total. The quantitative estimate of drug-likeness (QED) is 0.867. The van der Waals surface area contributed by atoms with Crippen molar-refractivity contribution in [2.24, 2.45) is 0 Å². The van der Waals surface area contributed by atoms with Crippen molar-refractivity contribution >= 4 is 17.7 Å². The van der Waals surface area contributed by atoms with Crippen molar-refractivity contribution in [3.8, 4) is 0 Å². The Morgan fingerprint density at radius 1 is 1.27 bits per heavy atom. The van der Waals surface area contributed by atoms with Crippen LogP contribution in [0.15, 0.2) is 24.3 Å². The van der Waals surface area contributed by atoms with E-state index in [2.05, 4.69) is 4.90 Å². The molecular weight excluding hydrogens is 284 g/mol. The zero-order valence-electron chi connectivity index (χ0n) is 12.6. The fourth-order valence-electron chi connectivity index (χ4n) is 3.44. The molecule has 2 saturated heterocycles. The molecule has 2 heterocycles. The topological polar surface area (TPSA) is 70.1 Å². The van der Waals surface area contributed by atoms with E-state index in [0.29, 0.717) is 18.7 Å². The van der Waals surface area contributed by atoms with Gasteiger partial charge in [0.1, 0.15) is 0 Å². The van der Waals surface area contributed by atoms with Gasteiger partial charge < -0.3 is 19.6 Å². The summed E-state index contributed by atoms with van der Waals surface area (Å²) in [6.07, 6.45) is 0.904. The lowest BCUT2D eigenvalue weighted by Gasteiger charge is -2.34. The van der Waals surface area contributed by atoms with Gasteiger partial charge in [-0.1, -0.05) is 0 Å². The fourth-order valence-corrected chi connectivity index (χ4v) is 3.44. The molecule has 2 atom stereocenters. The van der Waals surface area contributed by atoms with Crippen molar-refractivity contribution in [3.63, 3.8) is 0 Å². The maximum Gasteiger partial charge on any atom is 0.407 e. The molecule has 6 heteroatoms. The van der Waals surface area contributed by atoms with Crippen molar-refractivity contribution in [2.45, 2.75) is 31.8 Å². The van der Waals surface area contributed by atoms with Crippen LogP contribution in [-0.2, 0) is 4.74 Å². The average Bonchev–Trinajstić information content (AvgIpc) is 2.85. The monoisotopic (exact) mass is 304 g/mol. The third-order valence-corrected chi connectivity index (χ3v) is 4.49. The lowest BCUT2D eigenvalue weighted by Crippen LogP contribution is -2.40. The fraction of sp³-hybridized carbons (Fsp3) is 0.500. The van der Waals surface area contributed by atoms with E-state index in [0.717, 1.165) is 25.1 Å². The predicted molar refractivity (Wildman–Crippen MR) is 81.3 cm³/mol. The summed E-state index contributed by atoms with van der Waals surface area (Å²) in [5.41, 5.74) is 1.57. The SMILES string of the molecule is CCOC(=O)c1ccc(N2CCC3CC2CN3C(=O)O)cc1. The molecule has 0 saturated carbocycles. The Kier molecular flexibility index (Phi) is 3.92. The van der Waals surface area contributed by atoms with E-state index in [1.807, 2.05) is 12.1 Å². The number of ether oxygens (including phenoxy) is 1. The molecule has 118 valence electrons. The minimum atomic E-state index is -0.827. The Balaban J connectivity index is 1.73. The molecule has 1 aromatic carbocycles. The molecule has 1 N–H and O–H groups in total. The Labute approximate surface area is 129 Å². The first-order valence-corrected chi connectivity index (χ1v) is 7.63. The van der Waals surface area contributed by atoms with Gasteiger partial charge in [0.05, 0.1) is 12.2 Å². The molecule has 0 aromatic heterocycles. The van der Waals surface area contributed by atoms with E-state index in [9.17, 15) is 14.7 Å². The standard InChI is InChI=1S/C16H20N2O4/c1-2-22-15(19)11-3-5-12(6-4-11)17-8-7-13-9-14(17)10-18(13)16(20)21/h3-6,13-14H,2,7-10H2,1H3,(H,20,21). The van der Waals surface area contributed by atoms with E-state index >= 15 is 0 Å². The lowest BCUT2D eigenvalue weighted by molar-refractivity contribution is 0.0526. The van der Waals surface area contributed by atoms with Crippen molar-refractivity contribution in [2.75, 3.05) is 24.6 Å². The Morgan fingerprint density at radius 3 is 2.64 bits per heavy atom. The number of likely N-dealkylation sites (tertiary alicyclic amines) is 1. The summed E-state index contributed by atoms with van der Waals surface area (Å²) in [5, 5.41) is 9.22. The Hall–Kier alpha value is -2.24. The van der Waals surface area contributed by atoms with Gasteiger partial charge in [-0.2, -0.15) is 0 Å². The number of carbonyl (C=O) groups excluding carboxylic acids is 1. The third-order valence-electron chi connectivity index (χ3n) is 4.49. The molecule has 22 heavy (non-hydrogen) atoms. The minimum Gasteiger partial charge on any atom is -0.465 e. The van der Waals surface area contributed by atoms with E-state index in [-0.39, 0.29) is 18.1 Å². The van der Waals surface area contributed by atoms with Gasteiger partial charge >= 0.3 is 12.1 Å². The van der Waals surface area contributed by atoms with Crippen LogP contribution >= 0.6 is 0 Å². The molecule has 2 aliphatic heterocycles. The van der Waals surface area contributed by atoms with Gasteiger partial charge in [-0.3, -0.25) is 0 Å². The summed E-state index contributed by atoms with van der Waals surface area (Å²) in [7, 11) is 0. The van der Waals surface area contributed by atoms with Gasteiger partial charge in [0.2, 0.25) is 0 Å². The van der Waals surface area contributed by atoms with E-state index < -0.39 is 6.09 Å². The number of nitrogens with zero attached hydrogens (tertiary/aromatic N) is 2. The highest BCUT2D eigenvalue weighted by molar-refractivity contribution is 5.89. The Bertz CT molecular complexity index is 572. The molecule has 0 radical (unpaired) electrons. The number of carbonyl (C=O) groups is 2. The third kappa shape index (κ3) is 2.61. The highest BCUT2D eigenvalue weighted by Gasteiger charge is 2.41. The molecule has 2 fully saturated rings. The number of hydrogen-bond donors (Lipinski definition) is 1. The second-order valence-corrected chi connectivity index (χ2v) is 5.73. The van der Waals surface area contributed by atoms with Crippen LogP contribution in [0.1, 0.15) is 30.1 Å². The smallest absolute Gasteiger partial charge is 0.407 e. The van der Waals surface area contributed by atoms with Gasteiger partial charge in [0, 0.05) is 30.9 Å². The molecule has 3 rings (SSSR count). The van der Waals surface area contributed by atoms with E-state index in [4.69, 9.17) is 4.74 Å². The Morgan fingerprint density at radius 2 is 2.00 bits per heavy atom. The number of anilines is 1. The van der Waals surface area contributed by atoms with Crippen LogP contribution in [0.2, 0.25) is 0 Å². The number of carboxylic acid groups (broad SMARTS) is 1. The zero-order chi connectivity index (χ0) is 15.7. The number of rotatable bonds is 3. The van der Waals surface area contributed by atoms with Gasteiger partial charge in [0.15, 0.2) is 0 Å². The summed E-state index contributed by atoms with van der Waals surface area (Å²) in [6.45, 7) is 3.55. The van der Waals surface area contributed by atoms with Crippen LogP contribution in [0.25, 0.3) is 0 Å². The highest BCUT2D eigenvalue weighted by atomic mass is 16.5. The lowest BCUT2D eigenvalue weighted by atomic mass is 10.0. The van der Waals surface area contributed by atoms with Crippen LogP contribution in [0.5, 0.6) is 0 Å². The summed E-state index contributed by atoms with van der Waals surface area (Å²) in [6, 6.07) is 7.74. The molecule has 2 bridgehead atoms. The summed E-state index contributed by atoms with van der Waals surface area (Å²) in [4.78, 5) is 26.7. The maximum absolute atomic E-state index is 11.7. The van der Waals surface area contributed by atoms with Crippen molar-refractivity contribution in [1.29, 1.82) is 0 Å². The summed E-state index contributed by atoms with van der Waals surface area (Å²) in [5.74, 6) is -0.314. The minimum absolute atomic E-state index is 0.151. The molecule has 2 unspecified atom stereocenters. The second-order valence-electron chi connectivity index (χ2n) is 5.73. The van der Waals surface area contributed by atoms with E-state index in [1.165, 1.54) is 0 Å². The molecule has 1 amide bonds. The van der Waals surface area contributed by atoms with Gasteiger partial charge in [-0.25, -0.2) is 9.59 Å². The van der Waals surface area contributed by atoms with Gasteiger partial charge in [-0.15, -0.1) is 0 Å². The van der Waals surface area contributed by atoms with Crippen molar-refractivity contribution < 1.29 is 19.4 Å². The van der Waals surface area contributed by atoms with Crippen molar-refractivity contribution in [3.05, 3.63) is 29.8 Å². The summed E-state index contributed by atoms with van der Waals surface area (Å²) >= 11 is 0. The summed E-state index contributed by atoms with van der Waals surface area (Å²) < 4.78 is 4.98. The number of benzene rings is 1. The predicted octanol–water partition coefficient (Wildman–Crippen LogP) is 2.19. The van der Waals surface area contributed by atoms with Gasteiger partial charge in [-0.05, 0) is 44.0 Å². The van der Waals surface area contributed by atoms with E-state index in [1.54, 1.807) is 24.0 Å². The molecular formula is C16H20N2O4. The van der Waals surface area contributed by atoms with Crippen LogP contribution < -0.4 is 4.90 Å². The average molecular weight is 304 g/mol. The zero-order valence-corrected chi connectivity index (χ0v) is 12.6. The normalized spacial score (nSPS) is 23.5. The number of fused-ring (bicyclic) bond motifs is 2. The maximum atomic E-state index is 11.7. The van der Waals surface area contributed by atoms with Crippen LogP contribution in [0.4, 0.5) is 10.5 Å². The molecule has 2 aliphatic rings. The first-order valence-electron chi connectivity index (χ1n) is 7.63. The van der Waals surface area contributed by atoms with Crippen LogP contribution in [0.3, 0.4) is 0 Å². The molecule has 0 aliphatic carbocycles. The number of hydrogen-bond acceptors (Lipinski definition) is 4. The number of amides is 1. The number of esters is 1. The first kappa shape index (κ1) is 14.7. The van der Waals surface area contributed by atoms with Crippen LogP contribution in [-0.4, -0.2) is 53.8 Å². The number of piperidine rings is 1. The van der Waals surface area contributed by atoms with Crippen molar-refractivity contribution in [1.82, 2.24) is 4.90 Å². The molecule has 0 spiro atoms. The largest absolute Gasteiger partial charge is 0.465 e. The second kappa shape index (κ2) is 5.87. The highest BCUT2D eigenvalue weighted by Crippen LogP contribution is 2.33. The first-order chi connectivity index (χ1) is 10.6. The molecule has 1 aromatic rings. The van der Waals surface area contributed by atoms with Crippen LogP contribution in [0, 0.1) is 0 Å².